The van der Waals surface area contributed by atoms with Gasteiger partial charge in [-0.15, -0.1) is 5.92 Å². The molecule has 0 heterocycles. The first-order chi connectivity index (χ1) is 6.19. The van der Waals surface area contributed by atoms with E-state index in [0.717, 1.165) is 12.8 Å². The fraction of sp³-hybridized carbons (Fsp3) is 0.750. The van der Waals surface area contributed by atoms with Gasteiger partial charge in [0, 0.05) is 5.41 Å². The molecule has 1 aliphatic rings. The van der Waals surface area contributed by atoms with E-state index in [2.05, 4.69) is 18.8 Å². The molecule has 0 N–H and O–H groups in total. The zero-order chi connectivity index (χ0) is 9.73. The van der Waals surface area contributed by atoms with Crippen molar-refractivity contribution in [2.24, 2.45) is 5.41 Å². The Kier molecular flexibility index (Phi) is 3.54. The monoisotopic (exact) mass is 178 g/mol. The Morgan fingerprint density at radius 3 is 2.46 bits per heavy atom. The van der Waals surface area contributed by atoms with E-state index < -0.39 is 0 Å². The van der Waals surface area contributed by atoms with Gasteiger partial charge in [-0.1, -0.05) is 32.1 Å². The first kappa shape index (κ1) is 10.3. The van der Waals surface area contributed by atoms with Crippen molar-refractivity contribution in [3.8, 4) is 11.8 Å². The molecule has 0 aromatic rings. The lowest BCUT2D eigenvalue weighted by Crippen LogP contribution is -2.29. The molecule has 13 heavy (non-hydrogen) atoms. The van der Waals surface area contributed by atoms with Crippen LogP contribution in [0.1, 0.15) is 52.4 Å². The highest BCUT2D eigenvalue weighted by Gasteiger charge is 2.33. The van der Waals surface area contributed by atoms with Gasteiger partial charge in [-0.3, -0.25) is 4.79 Å². The number of rotatable bonds is 2. The zero-order valence-electron chi connectivity index (χ0n) is 8.65. The summed E-state index contributed by atoms with van der Waals surface area (Å²) in [5.74, 6) is 6.00. The number of carbonyl (C=O) groups excluding carboxylic acids is 1. The average molecular weight is 178 g/mol. The highest BCUT2D eigenvalue weighted by molar-refractivity contribution is 5.86. The van der Waals surface area contributed by atoms with Crippen LogP contribution in [0.2, 0.25) is 0 Å². The number of carbonyl (C=O) groups is 1. The van der Waals surface area contributed by atoms with Crippen molar-refractivity contribution in [2.45, 2.75) is 52.4 Å². The molecule has 0 radical (unpaired) electrons. The lowest BCUT2D eigenvalue weighted by atomic mass is 9.72. The second-order valence-corrected chi connectivity index (χ2v) is 4.15. The maximum absolute atomic E-state index is 11.8. The summed E-state index contributed by atoms with van der Waals surface area (Å²) in [6.45, 7) is 3.89. The molecular weight excluding hydrogens is 160 g/mol. The van der Waals surface area contributed by atoms with Gasteiger partial charge < -0.3 is 0 Å². The van der Waals surface area contributed by atoms with Crippen molar-refractivity contribution in [2.75, 3.05) is 0 Å². The van der Waals surface area contributed by atoms with Crippen LogP contribution < -0.4 is 0 Å². The Balaban J connectivity index is 2.54. The summed E-state index contributed by atoms with van der Waals surface area (Å²) in [7, 11) is 0. The molecule has 1 nitrogen and oxygen atoms in total. The predicted molar refractivity (Wildman–Crippen MR) is 54.3 cm³/mol. The first-order valence-electron chi connectivity index (χ1n) is 5.12. The molecule has 0 bridgehead atoms. The molecule has 1 saturated carbocycles. The Morgan fingerprint density at radius 1 is 1.31 bits per heavy atom. The Morgan fingerprint density at radius 2 is 1.92 bits per heavy atom. The van der Waals surface area contributed by atoms with Gasteiger partial charge in [0.1, 0.15) is 0 Å². The quantitative estimate of drug-likeness (QED) is 0.594. The third kappa shape index (κ3) is 2.59. The van der Waals surface area contributed by atoms with Crippen LogP contribution in [0.15, 0.2) is 0 Å². The van der Waals surface area contributed by atoms with Crippen LogP contribution in [0.4, 0.5) is 0 Å². The normalized spacial score (nSPS) is 20.2. The van der Waals surface area contributed by atoms with Gasteiger partial charge in [0.05, 0.1) is 6.42 Å². The molecule has 0 unspecified atom stereocenters. The molecule has 0 amide bonds. The van der Waals surface area contributed by atoms with Gasteiger partial charge in [-0.2, -0.15) is 0 Å². The summed E-state index contributed by atoms with van der Waals surface area (Å²) in [6, 6.07) is 0. The van der Waals surface area contributed by atoms with E-state index in [1.807, 2.05) is 0 Å². The fourth-order valence-electron chi connectivity index (χ4n) is 1.99. The summed E-state index contributed by atoms with van der Waals surface area (Å²) < 4.78 is 0. The number of hydrogen-bond acceptors (Lipinski definition) is 1. The van der Waals surface area contributed by atoms with Crippen LogP contribution in [0.5, 0.6) is 0 Å². The maximum Gasteiger partial charge on any atom is 0.150 e. The van der Waals surface area contributed by atoms with Gasteiger partial charge >= 0.3 is 0 Å². The minimum absolute atomic E-state index is 0.0535. The molecule has 0 atom stereocenters. The Labute approximate surface area is 80.9 Å². The van der Waals surface area contributed by atoms with Gasteiger partial charge in [-0.25, -0.2) is 0 Å². The SMILES string of the molecule is CC#CCC(=O)C1(C)CCCCC1. The Bertz CT molecular complexity index is 236. The number of hydrogen-bond donors (Lipinski definition) is 0. The van der Waals surface area contributed by atoms with E-state index in [1.54, 1.807) is 6.92 Å². The highest BCUT2D eigenvalue weighted by atomic mass is 16.1. The predicted octanol–water partition coefficient (Wildman–Crippen LogP) is 2.94. The number of Topliss-reactive ketones (excluding diaryl/α,β-unsaturated/α-hetero) is 1. The van der Waals surface area contributed by atoms with Crippen LogP contribution >= 0.6 is 0 Å². The highest BCUT2D eigenvalue weighted by Crippen LogP contribution is 2.37. The van der Waals surface area contributed by atoms with E-state index in [1.165, 1.54) is 19.3 Å². The molecule has 1 heteroatoms. The van der Waals surface area contributed by atoms with Crippen molar-refractivity contribution in [3.63, 3.8) is 0 Å². The van der Waals surface area contributed by atoms with Crippen molar-refractivity contribution in [1.82, 2.24) is 0 Å². The molecule has 0 aromatic carbocycles. The van der Waals surface area contributed by atoms with Crippen LogP contribution in [0, 0.1) is 17.3 Å². The lowest BCUT2D eigenvalue weighted by molar-refractivity contribution is -0.128. The van der Waals surface area contributed by atoms with E-state index in [4.69, 9.17) is 0 Å². The number of ketones is 1. The van der Waals surface area contributed by atoms with Gasteiger partial charge in [0.25, 0.3) is 0 Å². The van der Waals surface area contributed by atoms with Crippen molar-refractivity contribution in [1.29, 1.82) is 0 Å². The second kappa shape index (κ2) is 4.46. The zero-order valence-corrected chi connectivity index (χ0v) is 8.65. The maximum atomic E-state index is 11.8. The summed E-state index contributed by atoms with van der Waals surface area (Å²) >= 11 is 0. The molecular formula is C12H18O. The van der Waals surface area contributed by atoms with Crippen molar-refractivity contribution < 1.29 is 4.79 Å². The second-order valence-electron chi connectivity index (χ2n) is 4.15. The van der Waals surface area contributed by atoms with Gasteiger partial charge in [0.15, 0.2) is 5.78 Å². The minimum atomic E-state index is -0.0535. The Hall–Kier alpha value is -0.770. The molecule has 0 saturated heterocycles. The summed E-state index contributed by atoms with van der Waals surface area (Å²) in [6.07, 6.45) is 6.30. The summed E-state index contributed by atoms with van der Waals surface area (Å²) in [5.41, 5.74) is -0.0535. The topological polar surface area (TPSA) is 17.1 Å². The molecule has 72 valence electrons. The largest absolute Gasteiger partial charge is 0.298 e. The summed E-state index contributed by atoms with van der Waals surface area (Å²) in [5, 5.41) is 0. The third-order valence-electron chi connectivity index (χ3n) is 3.06. The molecule has 1 rings (SSSR count). The van der Waals surface area contributed by atoms with Crippen LogP contribution in [-0.2, 0) is 4.79 Å². The standard InChI is InChI=1S/C12H18O/c1-3-4-8-11(13)12(2)9-6-5-7-10-12/h5-10H2,1-2H3. The summed E-state index contributed by atoms with van der Waals surface area (Å²) in [4.78, 5) is 11.8. The van der Waals surface area contributed by atoms with Crippen LogP contribution in [-0.4, -0.2) is 5.78 Å². The average Bonchev–Trinajstić information content (AvgIpc) is 2.15. The third-order valence-corrected chi connectivity index (χ3v) is 3.06. The van der Waals surface area contributed by atoms with Crippen LogP contribution in [0.25, 0.3) is 0 Å². The molecule has 0 aliphatic heterocycles. The van der Waals surface area contributed by atoms with Crippen molar-refractivity contribution >= 4 is 5.78 Å². The van der Waals surface area contributed by atoms with E-state index in [-0.39, 0.29) is 5.41 Å². The van der Waals surface area contributed by atoms with Gasteiger partial charge in [0.2, 0.25) is 0 Å². The van der Waals surface area contributed by atoms with E-state index >= 15 is 0 Å². The van der Waals surface area contributed by atoms with Gasteiger partial charge in [-0.05, 0) is 19.8 Å². The smallest absolute Gasteiger partial charge is 0.150 e. The van der Waals surface area contributed by atoms with Crippen LogP contribution in [0.3, 0.4) is 0 Å². The molecule has 1 fully saturated rings. The van der Waals surface area contributed by atoms with E-state index in [0.29, 0.717) is 12.2 Å². The lowest BCUT2D eigenvalue weighted by Gasteiger charge is -2.31. The van der Waals surface area contributed by atoms with Crippen molar-refractivity contribution in [3.05, 3.63) is 0 Å². The first-order valence-corrected chi connectivity index (χ1v) is 5.12. The molecule has 1 aliphatic carbocycles. The molecule has 0 aromatic heterocycles. The fourth-order valence-corrected chi connectivity index (χ4v) is 1.99. The van der Waals surface area contributed by atoms with E-state index in [9.17, 15) is 4.79 Å². The molecule has 0 spiro atoms. The minimum Gasteiger partial charge on any atom is -0.298 e.